The summed E-state index contributed by atoms with van der Waals surface area (Å²) < 4.78 is 109. The number of hydrogen-bond donors (Lipinski definition) is 0. The molecule has 0 unspecified atom stereocenters. The van der Waals surface area contributed by atoms with E-state index >= 15 is 8.78 Å². The van der Waals surface area contributed by atoms with Gasteiger partial charge in [0, 0.05) is 69.0 Å². The number of sulfone groups is 1. The van der Waals surface area contributed by atoms with Gasteiger partial charge in [0.1, 0.15) is 27.0 Å². The number of alkyl halides is 3. The van der Waals surface area contributed by atoms with Gasteiger partial charge in [0.25, 0.3) is 0 Å². The fraction of sp³-hybridized carbons (Fsp3) is 0.583. The molecule has 3 fully saturated rings. The van der Waals surface area contributed by atoms with Gasteiger partial charge in [0.15, 0.2) is 11.6 Å². The number of likely N-dealkylation sites (tertiary alicyclic amines) is 1. The van der Waals surface area contributed by atoms with Gasteiger partial charge < -0.3 is 19.3 Å². The van der Waals surface area contributed by atoms with Crippen LogP contribution in [0.1, 0.15) is 53.4 Å². The van der Waals surface area contributed by atoms with Gasteiger partial charge in [-0.3, -0.25) is 14.8 Å². The molecule has 3 saturated heterocycles. The Morgan fingerprint density at radius 1 is 0.784 bits per heavy atom. The minimum absolute atomic E-state index is 0.0733. The van der Waals surface area contributed by atoms with Crippen molar-refractivity contribution >= 4 is 26.4 Å². The molecular weight excluding hydrogens is 693 g/mol. The fourth-order valence-electron chi connectivity index (χ4n) is 7.63. The third-order valence-electron chi connectivity index (χ3n) is 10.2. The van der Waals surface area contributed by atoms with E-state index in [4.69, 9.17) is 4.74 Å². The largest absolute Gasteiger partial charge is 0.573 e. The van der Waals surface area contributed by atoms with Crippen LogP contribution in [-0.2, 0) is 9.84 Å². The van der Waals surface area contributed by atoms with Crippen LogP contribution in [0.25, 0.3) is 10.9 Å². The summed E-state index contributed by atoms with van der Waals surface area (Å²) in [6.45, 7) is 15.1. The third-order valence-corrected chi connectivity index (χ3v) is 11.9. The van der Waals surface area contributed by atoms with Crippen LogP contribution in [0.15, 0.2) is 46.3 Å². The SMILES string of the molecule is CCN1CCC(N2CCN(C3CCN(c4c(S(=O)(=O)c5cc(F)c(OC(C)(C)C)cc5F)cnc5ccc(OC(F)(F)F)cc45)CC3)CC2)CC1. The fourth-order valence-corrected chi connectivity index (χ4v) is 9.12. The first kappa shape index (κ1) is 37.5. The zero-order valence-corrected chi connectivity index (χ0v) is 30.3. The van der Waals surface area contributed by atoms with Crippen LogP contribution < -0.4 is 14.4 Å². The highest BCUT2D eigenvalue weighted by Crippen LogP contribution is 2.41. The molecule has 4 heterocycles. The van der Waals surface area contributed by atoms with Gasteiger partial charge in [-0.05, 0) is 90.4 Å². The van der Waals surface area contributed by atoms with Crippen molar-refractivity contribution in [3.8, 4) is 11.5 Å². The molecule has 0 atom stereocenters. The number of fused-ring (bicyclic) bond motifs is 1. The van der Waals surface area contributed by atoms with Crippen LogP contribution in [0, 0.1) is 11.6 Å². The van der Waals surface area contributed by atoms with E-state index in [9.17, 15) is 21.6 Å². The number of piperidine rings is 2. The van der Waals surface area contributed by atoms with Crippen molar-refractivity contribution in [3.05, 3.63) is 48.2 Å². The second kappa shape index (κ2) is 14.6. The van der Waals surface area contributed by atoms with Gasteiger partial charge in [-0.2, -0.15) is 0 Å². The molecular formula is C36H46F5N5O4S. The number of aromatic nitrogens is 1. The van der Waals surface area contributed by atoms with Crippen molar-refractivity contribution < 1.29 is 39.8 Å². The first-order chi connectivity index (χ1) is 24.0. The van der Waals surface area contributed by atoms with E-state index < -0.39 is 54.7 Å². The summed E-state index contributed by atoms with van der Waals surface area (Å²) in [7, 11) is -4.78. The van der Waals surface area contributed by atoms with E-state index in [0.717, 1.165) is 64.1 Å². The van der Waals surface area contributed by atoms with E-state index in [0.29, 0.717) is 44.1 Å². The number of anilines is 1. The predicted octanol–water partition coefficient (Wildman–Crippen LogP) is 6.49. The minimum atomic E-state index is -4.99. The quantitative estimate of drug-likeness (QED) is 0.241. The maximum Gasteiger partial charge on any atom is 0.573 e. The summed E-state index contributed by atoms with van der Waals surface area (Å²) in [5.41, 5.74) is -0.586. The molecule has 3 aliphatic rings. The second-order valence-electron chi connectivity index (χ2n) is 14.6. The van der Waals surface area contributed by atoms with Gasteiger partial charge in [-0.25, -0.2) is 17.2 Å². The monoisotopic (exact) mass is 739 g/mol. The molecule has 0 amide bonds. The predicted molar refractivity (Wildman–Crippen MR) is 184 cm³/mol. The molecule has 0 spiro atoms. The second-order valence-corrected chi connectivity index (χ2v) is 16.5. The van der Waals surface area contributed by atoms with Crippen molar-refractivity contribution in [1.82, 2.24) is 19.7 Å². The zero-order chi connectivity index (χ0) is 36.7. The third kappa shape index (κ3) is 8.52. The molecule has 1 aromatic heterocycles. The van der Waals surface area contributed by atoms with Crippen LogP contribution in [-0.4, -0.2) is 111 Å². The normalized spacial score (nSPS) is 19.9. The molecule has 3 aliphatic heterocycles. The molecule has 15 heteroatoms. The smallest absolute Gasteiger partial charge is 0.485 e. The van der Waals surface area contributed by atoms with E-state index in [2.05, 4.69) is 31.3 Å². The lowest BCUT2D eigenvalue weighted by atomic mass is 9.99. The van der Waals surface area contributed by atoms with Gasteiger partial charge in [0.2, 0.25) is 9.84 Å². The number of pyridine rings is 1. The zero-order valence-electron chi connectivity index (χ0n) is 29.5. The highest BCUT2D eigenvalue weighted by atomic mass is 32.2. The number of ether oxygens (including phenoxy) is 2. The van der Waals surface area contributed by atoms with Crippen molar-refractivity contribution in [2.24, 2.45) is 0 Å². The Kier molecular flexibility index (Phi) is 10.8. The number of rotatable bonds is 8. The number of halogens is 5. The number of piperazine rings is 1. The Labute approximate surface area is 296 Å². The molecule has 51 heavy (non-hydrogen) atoms. The Morgan fingerprint density at radius 2 is 1.37 bits per heavy atom. The highest BCUT2D eigenvalue weighted by molar-refractivity contribution is 7.91. The first-order valence-electron chi connectivity index (χ1n) is 17.6. The minimum Gasteiger partial charge on any atom is -0.485 e. The van der Waals surface area contributed by atoms with Crippen LogP contribution in [0.4, 0.5) is 27.6 Å². The molecule has 2 aromatic carbocycles. The van der Waals surface area contributed by atoms with E-state index in [1.807, 2.05) is 0 Å². The van der Waals surface area contributed by atoms with Crippen LogP contribution in [0.5, 0.6) is 11.5 Å². The molecule has 0 N–H and O–H groups in total. The summed E-state index contributed by atoms with van der Waals surface area (Å²) >= 11 is 0. The number of benzene rings is 2. The number of hydrogen-bond acceptors (Lipinski definition) is 9. The Bertz CT molecular complexity index is 1810. The van der Waals surface area contributed by atoms with Crippen molar-refractivity contribution in [3.63, 3.8) is 0 Å². The maximum atomic E-state index is 15.5. The Morgan fingerprint density at radius 3 is 1.92 bits per heavy atom. The van der Waals surface area contributed by atoms with Crippen LogP contribution in [0.3, 0.4) is 0 Å². The molecule has 0 saturated carbocycles. The average Bonchev–Trinajstić information content (AvgIpc) is 3.08. The van der Waals surface area contributed by atoms with Crippen LogP contribution >= 0.6 is 0 Å². The Balaban J connectivity index is 1.27. The van der Waals surface area contributed by atoms with Crippen molar-refractivity contribution in [2.45, 2.75) is 87.2 Å². The van der Waals surface area contributed by atoms with Gasteiger partial charge in [0.05, 0.1) is 11.2 Å². The molecule has 6 rings (SSSR count). The highest BCUT2D eigenvalue weighted by Gasteiger charge is 2.36. The first-order valence-corrected chi connectivity index (χ1v) is 19.1. The van der Waals surface area contributed by atoms with Gasteiger partial charge >= 0.3 is 6.36 Å². The average molecular weight is 740 g/mol. The molecule has 9 nitrogen and oxygen atoms in total. The lowest BCUT2D eigenvalue weighted by Crippen LogP contribution is -2.56. The summed E-state index contributed by atoms with van der Waals surface area (Å²) in [5, 5.41) is 0.0903. The van der Waals surface area contributed by atoms with Crippen molar-refractivity contribution in [1.29, 1.82) is 0 Å². The maximum absolute atomic E-state index is 15.5. The summed E-state index contributed by atoms with van der Waals surface area (Å²) in [6.07, 6.45) is -0.212. The lowest BCUT2D eigenvalue weighted by molar-refractivity contribution is -0.274. The van der Waals surface area contributed by atoms with Gasteiger partial charge in [-0.1, -0.05) is 6.92 Å². The molecule has 280 valence electrons. The van der Waals surface area contributed by atoms with Crippen LogP contribution in [0.2, 0.25) is 0 Å². The molecule has 0 radical (unpaired) electrons. The Hall–Kier alpha value is -3.27. The number of nitrogens with zero attached hydrogens (tertiary/aromatic N) is 5. The van der Waals surface area contributed by atoms with E-state index in [-0.39, 0.29) is 22.6 Å². The molecule has 3 aromatic rings. The molecule has 0 aliphatic carbocycles. The van der Waals surface area contributed by atoms with E-state index in [1.165, 1.54) is 18.9 Å². The summed E-state index contributed by atoms with van der Waals surface area (Å²) in [6, 6.07) is 5.61. The molecule has 0 bridgehead atoms. The van der Waals surface area contributed by atoms with Gasteiger partial charge in [-0.15, -0.1) is 13.2 Å². The summed E-state index contributed by atoms with van der Waals surface area (Å²) in [4.78, 5) is 12.2. The summed E-state index contributed by atoms with van der Waals surface area (Å²) in [5.74, 6) is -3.31. The lowest BCUT2D eigenvalue weighted by Gasteiger charge is -2.46. The van der Waals surface area contributed by atoms with Crippen molar-refractivity contribution in [2.75, 3.05) is 63.8 Å². The topological polar surface area (TPSA) is 78.5 Å². The standard InChI is InChI=1S/C36H46F5N5O4S/c1-5-43-12-8-24(9-13-43)44-16-18-45(19-17-44)25-10-14-46(15-11-25)34-27-20-26(49-36(39,40)41)6-7-30(27)42-23-33(34)51(47,48)32-22-28(37)31(21-29(32)38)50-35(2,3)4/h6-7,20-25H,5,8-19H2,1-4H3. The van der Waals surface area contributed by atoms with E-state index in [1.54, 1.807) is 25.7 Å².